The summed E-state index contributed by atoms with van der Waals surface area (Å²) in [6.07, 6.45) is -5.26. The minimum absolute atomic E-state index is 0.279. The van der Waals surface area contributed by atoms with Gasteiger partial charge in [-0.05, 0) is 12.1 Å². The van der Waals surface area contributed by atoms with Gasteiger partial charge in [-0.15, -0.1) is 0 Å². The summed E-state index contributed by atoms with van der Waals surface area (Å²) in [4.78, 5) is 0. The van der Waals surface area contributed by atoms with Crippen LogP contribution < -0.4 is 0 Å². The van der Waals surface area contributed by atoms with Crippen molar-refractivity contribution in [2.45, 2.75) is 12.6 Å². The molecule has 3 nitrogen and oxygen atoms in total. The van der Waals surface area contributed by atoms with Crippen molar-refractivity contribution in [2.75, 3.05) is 0 Å². The molecule has 0 aromatic heterocycles. The number of alkyl halides is 3. The highest BCUT2D eigenvalue weighted by Crippen LogP contribution is 2.37. The number of phenolic OH excluding ortho intramolecular Hbond substituents is 1. The standard InChI is InChI=1S/C10H5F3N2O/c11-10(12,13)8-2-1-6(5-15)9(16)7(8)3-4-14/h1-2,16H,3H2. The van der Waals surface area contributed by atoms with E-state index < -0.39 is 29.5 Å². The topological polar surface area (TPSA) is 67.8 Å². The van der Waals surface area contributed by atoms with E-state index in [1.807, 2.05) is 0 Å². The molecule has 0 bridgehead atoms. The second kappa shape index (κ2) is 4.11. The molecule has 1 rings (SSSR count). The quantitative estimate of drug-likeness (QED) is 0.799. The van der Waals surface area contributed by atoms with E-state index in [0.717, 1.165) is 6.07 Å². The first-order valence-corrected chi connectivity index (χ1v) is 4.11. The van der Waals surface area contributed by atoms with Crippen LogP contribution >= 0.6 is 0 Å². The highest BCUT2D eigenvalue weighted by molar-refractivity contribution is 5.52. The maximum atomic E-state index is 12.5. The van der Waals surface area contributed by atoms with Gasteiger partial charge in [0.2, 0.25) is 0 Å². The van der Waals surface area contributed by atoms with Gasteiger partial charge in [0, 0.05) is 5.56 Å². The van der Waals surface area contributed by atoms with Crippen LogP contribution in [0.3, 0.4) is 0 Å². The average molecular weight is 226 g/mol. The molecule has 1 aromatic carbocycles. The number of halogens is 3. The first kappa shape index (κ1) is 11.9. The van der Waals surface area contributed by atoms with Crippen LogP contribution in [0.4, 0.5) is 13.2 Å². The maximum absolute atomic E-state index is 12.5. The second-order valence-electron chi connectivity index (χ2n) is 2.93. The fourth-order valence-electron chi connectivity index (χ4n) is 1.25. The van der Waals surface area contributed by atoms with Gasteiger partial charge in [-0.1, -0.05) is 0 Å². The van der Waals surface area contributed by atoms with Gasteiger partial charge >= 0.3 is 6.18 Å². The molecular formula is C10H5F3N2O. The Morgan fingerprint density at radius 2 is 1.88 bits per heavy atom. The smallest absolute Gasteiger partial charge is 0.416 e. The lowest BCUT2D eigenvalue weighted by molar-refractivity contribution is -0.138. The summed E-state index contributed by atoms with van der Waals surface area (Å²) in [7, 11) is 0. The van der Waals surface area contributed by atoms with Crippen LogP contribution in [0, 0.1) is 22.7 Å². The molecule has 0 saturated carbocycles. The number of aromatic hydroxyl groups is 1. The molecule has 0 spiro atoms. The van der Waals surface area contributed by atoms with Gasteiger partial charge in [-0.2, -0.15) is 23.7 Å². The molecule has 0 atom stereocenters. The summed E-state index contributed by atoms with van der Waals surface area (Å²) < 4.78 is 37.5. The fourth-order valence-corrected chi connectivity index (χ4v) is 1.25. The molecule has 0 aliphatic heterocycles. The summed E-state index contributed by atoms with van der Waals surface area (Å²) in [6, 6.07) is 4.62. The predicted octanol–water partition coefficient (Wildman–Crippen LogP) is 2.35. The molecule has 6 heteroatoms. The number of nitriles is 2. The van der Waals surface area contributed by atoms with Crippen LogP contribution in [0.1, 0.15) is 16.7 Å². The third-order valence-corrected chi connectivity index (χ3v) is 1.96. The molecule has 0 unspecified atom stereocenters. The number of hydrogen-bond donors (Lipinski definition) is 1. The number of hydrogen-bond acceptors (Lipinski definition) is 3. The lowest BCUT2D eigenvalue weighted by Crippen LogP contribution is -2.09. The van der Waals surface area contributed by atoms with Gasteiger partial charge in [0.15, 0.2) is 0 Å². The highest BCUT2D eigenvalue weighted by Gasteiger charge is 2.34. The van der Waals surface area contributed by atoms with Crippen molar-refractivity contribution in [2.24, 2.45) is 0 Å². The minimum atomic E-state index is -4.66. The lowest BCUT2D eigenvalue weighted by Gasteiger charge is -2.12. The summed E-state index contributed by atoms with van der Waals surface area (Å²) in [5, 5.41) is 26.3. The van der Waals surface area contributed by atoms with Gasteiger partial charge < -0.3 is 5.11 Å². The Kier molecular flexibility index (Phi) is 3.05. The fraction of sp³-hybridized carbons (Fsp3) is 0.200. The van der Waals surface area contributed by atoms with Crippen LogP contribution in [0.25, 0.3) is 0 Å². The zero-order chi connectivity index (χ0) is 12.3. The predicted molar refractivity (Wildman–Crippen MR) is 47.1 cm³/mol. The third-order valence-electron chi connectivity index (χ3n) is 1.96. The normalized spacial score (nSPS) is 10.6. The van der Waals surface area contributed by atoms with Gasteiger partial charge in [-0.3, -0.25) is 0 Å². The van der Waals surface area contributed by atoms with E-state index in [-0.39, 0.29) is 5.56 Å². The van der Waals surface area contributed by atoms with Crippen LogP contribution in [0.15, 0.2) is 12.1 Å². The molecule has 16 heavy (non-hydrogen) atoms. The molecule has 1 aromatic rings. The van der Waals surface area contributed by atoms with E-state index in [9.17, 15) is 18.3 Å². The van der Waals surface area contributed by atoms with Crippen molar-refractivity contribution in [3.63, 3.8) is 0 Å². The van der Waals surface area contributed by atoms with Crippen LogP contribution in [0.2, 0.25) is 0 Å². The van der Waals surface area contributed by atoms with Crippen LogP contribution in [-0.2, 0) is 12.6 Å². The molecular weight excluding hydrogens is 221 g/mol. The van der Waals surface area contributed by atoms with E-state index in [1.165, 1.54) is 6.07 Å². The Hall–Kier alpha value is -2.21. The molecule has 0 radical (unpaired) electrons. The monoisotopic (exact) mass is 226 g/mol. The van der Waals surface area contributed by atoms with E-state index in [0.29, 0.717) is 6.07 Å². The Bertz CT molecular complexity index is 495. The van der Waals surface area contributed by atoms with Crippen molar-refractivity contribution >= 4 is 0 Å². The first-order chi connectivity index (χ1) is 7.41. The summed E-state index contributed by atoms with van der Waals surface area (Å²) in [5.74, 6) is -0.779. The second-order valence-corrected chi connectivity index (χ2v) is 2.93. The van der Waals surface area contributed by atoms with Gasteiger partial charge in [0.05, 0.1) is 23.6 Å². The van der Waals surface area contributed by atoms with Crippen molar-refractivity contribution in [3.8, 4) is 17.9 Å². The van der Waals surface area contributed by atoms with Crippen LogP contribution in [0.5, 0.6) is 5.75 Å². The highest BCUT2D eigenvalue weighted by atomic mass is 19.4. The Balaban J connectivity index is 3.49. The van der Waals surface area contributed by atoms with Crippen molar-refractivity contribution in [1.29, 1.82) is 10.5 Å². The number of rotatable bonds is 1. The molecule has 0 heterocycles. The average Bonchev–Trinajstić information content (AvgIpc) is 2.19. The van der Waals surface area contributed by atoms with E-state index in [1.54, 1.807) is 6.07 Å². The summed E-state index contributed by atoms with van der Waals surface area (Å²) in [6.45, 7) is 0. The molecule has 0 fully saturated rings. The Labute approximate surface area is 89.0 Å². The van der Waals surface area contributed by atoms with Crippen molar-refractivity contribution in [1.82, 2.24) is 0 Å². The molecule has 82 valence electrons. The molecule has 0 aliphatic carbocycles. The molecule has 1 N–H and O–H groups in total. The number of nitrogens with zero attached hydrogens (tertiary/aromatic N) is 2. The SMILES string of the molecule is N#CCc1c(C(F)(F)F)ccc(C#N)c1O. The van der Waals surface area contributed by atoms with Gasteiger partial charge in [0.1, 0.15) is 11.8 Å². The van der Waals surface area contributed by atoms with E-state index in [4.69, 9.17) is 10.5 Å². The molecule has 0 aliphatic rings. The summed E-state index contributed by atoms with van der Waals surface area (Å²) >= 11 is 0. The Morgan fingerprint density at radius 1 is 1.25 bits per heavy atom. The van der Waals surface area contributed by atoms with E-state index in [2.05, 4.69) is 0 Å². The van der Waals surface area contributed by atoms with E-state index >= 15 is 0 Å². The first-order valence-electron chi connectivity index (χ1n) is 4.11. The zero-order valence-electron chi connectivity index (χ0n) is 7.84. The molecule has 0 saturated heterocycles. The number of phenols is 1. The van der Waals surface area contributed by atoms with Gasteiger partial charge in [-0.25, -0.2) is 0 Å². The zero-order valence-corrected chi connectivity index (χ0v) is 7.84. The third kappa shape index (κ3) is 2.06. The maximum Gasteiger partial charge on any atom is 0.416 e. The minimum Gasteiger partial charge on any atom is -0.506 e. The van der Waals surface area contributed by atoms with Crippen molar-refractivity contribution < 1.29 is 18.3 Å². The largest absolute Gasteiger partial charge is 0.506 e. The van der Waals surface area contributed by atoms with Crippen molar-refractivity contribution in [3.05, 3.63) is 28.8 Å². The molecule has 0 amide bonds. The van der Waals surface area contributed by atoms with Crippen LogP contribution in [-0.4, -0.2) is 5.11 Å². The summed E-state index contributed by atoms with van der Waals surface area (Å²) in [5.41, 5.74) is -1.93. The lowest BCUT2D eigenvalue weighted by atomic mass is 10.00. The Morgan fingerprint density at radius 3 is 2.31 bits per heavy atom. The number of benzene rings is 1. The van der Waals surface area contributed by atoms with Gasteiger partial charge in [0.25, 0.3) is 0 Å².